The zero-order chi connectivity index (χ0) is 11.1. The minimum Gasteiger partial charge on any atom is -0.390 e. The van der Waals surface area contributed by atoms with Crippen molar-refractivity contribution in [2.75, 3.05) is 21.1 Å². The third-order valence-corrected chi connectivity index (χ3v) is 4.01. The highest BCUT2D eigenvalue weighted by Crippen LogP contribution is 2.55. The van der Waals surface area contributed by atoms with E-state index < -0.39 is 0 Å². The summed E-state index contributed by atoms with van der Waals surface area (Å²) in [5.74, 6) is 2.68. The molecule has 0 atom stereocenters. The molecule has 15 heavy (non-hydrogen) atoms. The van der Waals surface area contributed by atoms with Gasteiger partial charge in [-0.1, -0.05) is 0 Å². The molecule has 2 heteroatoms. The molecule has 0 saturated heterocycles. The van der Waals surface area contributed by atoms with Crippen molar-refractivity contribution in [3.63, 3.8) is 0 Å². The second kappa shape index (κ2) is 4.06. The molecule has 0 amide bonds. The predicted octanol–water partition coefficient (Wildman–Crippen LogP) is 2.13. The van der Waals surface area contributed by atoms with Crippen molar-refractivity contribution in [1.29, 1.82) is 0 Å². The molecule has 0 spiro atoms. The molecule has 1 N–H and O–H groups in total. The molecule has 4 aliphatic rings. The van der Waals surface area contributed by atoms with Crippen LogP contribution < -0.4 is 0 Å². The largest absolute Gasteiger partial charge is 0.390 e. The first-order chi connectivity index (χ1) is 6.97. The van der Waals surface area contributed by atoms with E-state index in [9.17, 15) is 5.11 Å². The Bertz CT molecular complexity index is 187. The molecule has 4 bridgehead atoms. The first kappa shape index (κ1) is 11.4. The highest BCUT2D eigenvalue weighted by molar-refractivity contribution is 5.01. The molecule has 0 aliphatic heterocycles. The van der Waals surface area contributed by atoms with Crippen molar-refractivity contribution in [3.05, 3.63) is 0 Å². The van der Waals surface area contributed by atoms with Gasteiger partial charge < -0.3 is 10.0 Å². The second-order valence-electron chi connectivity index (χ2n) is 6.48. The maximum absolute atomic E-state index is 10.1. The van der Waals surface area contributed by atoms with E-state index >= 15 is 0 Å². The lowest BCUT2D eigenvalue weighted by molar-refractivity contribution is -0.124. The van der Waals surface area contributed by atoms with Crippen molar-refractivity contribution >= 4 is 0 Å². The normalized spacial score (nSPS) is 46.6. The van der Waals surface area contributed by atoms with E-state index in [-0.39, 0.29) is 5.60 Å². The number of nitrogens with zero attached hydrogens (tertiary/aromatic N) is 1. The maximum atomic E-state index is 10.1. The fraction of sp³-hybridized carbons (Fsp3) is 1.00. The molecule has 0 heterocycles. The van der Waals surface area contributed by atoms with E-state index in [2.05, 4.69) is 0 Å². The summed E-state index contributed by atoms with van der Waals surface area (Å²) in [6.45, 7) is 0. The molecular weight excluding hydrogens is 186 g/mol. The van der Waals surface area contributed by atoms with Gasteiger partial charge in [0.2, 0.25) is 0 Å². The van der Waals surface area contributed by atoms with Crippen LogP contribution in [0.2, 0.25) is 0 Å². The monoisotopic (exact) mass is 211 g/mol. The van der Waals surface area contributed by atoms with E-state index in [0.29, 0.717) is 0 Å². The molecule has 0 aromatic carbocycles. The van der Waals surface area contributed by atoms with Gasteiger partial charge in [0, 0.05) is 0 Å². The molecule has 4 fully saturated rings. The zero-order valence-electron chi connectivity index (χ0n) is 10.4. The van der Waals surface area contributed by atoms with Crippen LogP contribution in [0.4, 0.5) is 0 Å². The Morgan fingerprint density at radius 1 is 0.867 bits per heavy atom. The summed E-state index contributed by atoms with van der Waals surface area (Å²) in [6.07, 6.45) is 7.66. The highest BCUT2D eigenvalue weighted by Gasteiger charge is 2.49. The van der Waals surface area contributed by atoms with Crippen LogP contribution in [-0.2, 0) is 0 Å². The van der Waals surface area contributed by atoms with E-state index in [1.165, 1.54) is 19.3 Å². The summed E-state index contributed by atoms with van der Waals surface area (Å²) in [5, 5.41) is 10.1. The van der Waals surface area contributed by atoms with Crippen molar-refractivity contribution in [1.82, 2.24) is 4.90 Å². The van der Waals surface area contributed by atoms with Crippen molar-refractivity contribution < 1.29 is 5.11 Å². The van der Waals surface area contributed by atoms with Crippen LogP contribution in [0.3, 0.4) is 0 Å². The van der Waals surface area contributed by atoms with Crippen molar-refractivity contribution in [2.45, 2.75) is 44.1 Å². The predicted molar refractivity (Wildman–Crippen MR) is 62.7 cm³/mol. The van der Waals surface area contributed by atoms with Gasteiger partial charge in [0.25, 0.3) is 0 Å². The summed E-state index contributed by atoms with van der Waals surface area (Å²) in [7, 11) is 6.00. The summed E-state index contributed by atoms with van der Waals surface area (Å²) < 4.78 is 0. The van der Waals surface area contributed by atoms with E-state index in [1.54, 1.807) is 0 Å². The van der Waals surface area contributed by atoms with Gasteiger partial charge in [-0.05, 0) is 77.4 Å². The third kappa shape index (κ3) is 2.73. The Kier molecular flexibility index (Phi) is 3.09. The van der Waals surface area contributed by atoms with Crippen LogP contribution in [0.15, 0.2) is 0 Å². The lowest BCUT2D eigenvalue weighted by Crippen LogP contribution is -2.50. The summed E-state index contributed by atoms with van der Waals surface area (Å²) in [5.41, 5.74) is -0.200. The lowest BCUT2D eigenvalue weighted by Gasteiger charge is -2.54. The standard InChI is InChI=1S/C10H16O.C3H9N/c11-10-4-7-1-8(5-10)3-9(2-7)6-10;1-4(2)3/h7-9,11H,1-6H2;1-3H3. The second-order valence-corrected chi connectivity index (χ2v) is 6.48. The van der Waals surface area contributed by atoms with Gasteiger partial charge in [0.1, 0.15) is 0 Å². The van der Waals surface area contributed by atoms with Gasteiger partial charge in [-0.25, -0.2) is 0 Å². The van der Waals surface area contributed by atoms with Crippen molar-refractivity contribution in [2.24, 2.45) is 17.8 Å². The number of hydrogen-bond acceptors (Lipinski definition) is 2. The van der Waals surface area contributed by atoms with Gasteiger partial charge in [0.15, 0.2) is 0 Å². The number of aliphatic hydroxyl groups is 1. The quantitative estimate of drug-likeness (QED) is 0.663. The minimum atomic E-state index is -0.200. The van der Waals surface area contributed by atoms with Gasteiger partial charge in [-0.2, -0.15) is 0 Å². The molecule has 4 saturated carbocycles. The van der Waals surface area contributed by atoms with Crippen molar-refractivity contribution in [3.8, 4) is 0 Å². The molecular formula is C13H25NO. The molecule has 0 aromatic rings. The molecule has 4 aliphatic carbocycles. The third-order valence-electron chi connectivity index (χ3n) is 4.01. The van der Waals surface area contributed by atoms with Gasteiger partial charge in [-0.15, -0.1) is 0 Å². The number of rotatable bonds is 0. The highest BCUT2D eigenvalue weighted by atomic mass is 16.3. The Hall–Kier alpha value is -0.0800. The fourth-order valence-electron chi connectivity index (χ4n) is 4.06. The minimum absolute atomic E-state index is 0.200. The first-order valence-corrected chi connectivity index (χ1v) is 6.30. The molecule has 4 rings (SSSR count). The molecule has 0 aromatic heterocycles. The van der Waals surface area contributed by atoms with Crippen LogP contribution >= 0.6 is 0 Å². The van der Waals surface area contributed by atoms with Crippen LogP contribution in [0.1, 0.15) is 38.5 Å². The van der Waals surface area contributed by atoms with E-state index in [0.717, 1.165) is 37.0 Å². The Labute approximate surface area is 93.7 Å². The van der Waals surface area contributed by atoms with Crippen LogP contribution in [0, 0.1) is 17.8 Å². The maximum Gasteiger partial charge on any atom is 0.0655 e. The van der Waals surface area contributed by atoms with E-state index in [4.69, 9.17) is 0 Å². The first-order valence-electron chi connectivity index (χ1n) is 6.30. The average Bonchev–Trinajstić information content (AvgIpc) is 1.96. The zero-order valence-corrected chi connectivity index (χ0v) is 10.4. The summed E-state index contributed by atoms with van der Waals surface area (Å²) >= 11 is 0. The van der Waals surface area contributed by atoms with E-state index in [1.807, 2.05) is 26.0 Å². The molecule has 0 unspecified atom stereocenters. The Morgan fingerprint density at radius 2 is 1.13 bits per heavy atom. The smallest absolute Gasteiger partial charge is 0.0655 e. The van der Waals surface area contributed by atoms with Crippen LogP contribution in [-0.4, -0.2) is 36.8 Å². The SMILES string of the molecule is CN(C)C.OC12CC3CC(CC(C3)C1)C2. The van der Waals surface area contributed by atoms with Gasteiger partial charge >= 0.3 is 0 Å². The number of hydrogen-bond donors (Lipinski definition) is 1. The van der Waals surface area contributed by atoms with Crippen LogP contribution in [0.25, 0.3) is 0 Å². The lowest BCUT2D eigenvalue weighted by atomic mass is 9.54. The van der Waals surface area contributed by atoms with Gasteiger partial charge in [-0.3, -0.25) is 0 Å². The fourth-order valence-corrected chi connectivity index (χ4v) is 4.06. The van der Waals surface area contributed by atoms with Crippen LogP contribution in [0.5, 0.6) is 0 Å². The molecule has 88 valence electrons. The molecule has 0 radical (unpaired) electrons. The average molecular weight is 211 g/mol. The summed E-state index contributed by atoms with van der Waals surface area (Å²) in [6, 6.07) is 0. The topological polar surface area (TPSA) is 23.5 Å². The van der Waals surface area contributed by atoms with Gasteiger partial charge in [0.05, 0.1) is 5.60 Å². The Balaban J connectivity index is 0.000000188. The molecule has 2 nitrogen and oxygen atoms in total. The summed E-state index contributed by atoms with van der Waals surface area (Å²) in [4.78, 5) is 2.00. The Morgan fingerprint density at radius 3 is 1.33 bits per heavy atom.